The third-order valence-corrected chi connectivity index (χ3v) is 9.55. The van der Waals surface area contributed by atoms with Gasteiger partial charge in [0.15, 0.2) is 133 Å². The van der Waals surface area contributed by atoms with Gasteiger partial charge in [-0.25, -0.2) is 99.8 Å². The molecule has 294 valence electrons. The van der Waals surface area contributed by atoms with E-state index in [9.17, 15) is 35.1 Å². The molecule has 58 heavy (non-hydrogen) atoms. The van der Waals surface area contributed by atoms with Crippen molar-refractivity contribution in [2.24, 2.45) is 0 Å². The summed E-state index contributed by atoms with van der Waals surface area (Å²) in [4.78, 5) is 20.1. The van der Waals surface area contributed by atoms with Crippen molar-refractivity contribution in [2.45, 2.75) is 0 Å². The monoisotopic (exact) mass is 870 g/mol. The lowest BCUT2D eigenvalue weighted by Gasteiger charge is -2.06. The molecule has 8 bridgehead atoms. The molecule has 5 heterocycles. The molecule has 26 heteroatoms. The SMILES string of the molecule is Fc1c(F)c(F)c2c(c1F)-c1nc-2nc2c3c(F)c(F)c(F)c(F)c3c(nc3nc(nc4c5c(F)c(F)c(F)c(F)c5c(n1)n4F)-c1c(F)c(F)c(F)c(Cl)c1-3)n2Cl. The van der Waals surface area contributed by atoms with Crippen molar-refractivity contribution in [3.63, 3.8) is 0 Å². The molecule has 0 fully saturated rings. The Hall–Kier alpha value is -6.30. The van der Waals surface area contributed by atoms with Crippen molar-refractivity contribution in [3.8, 4) is 45.6 Å². The number of nitrogens with zero attached hydrogens (tertiary/aromatic N) is 8. The lowest BCUT2D eigenvalue weighted by atomic mass is 10.1. The zero-order chi connectivity index (χ0) is 41.9. The maximum absolute atomic E-state index is 16.4. The van der Waals surface area contributed by atoms with Crippen LogP contribution in [0.3, 0.4) is 0 Å². The second-order valence-electron chi connectivity index (χ2n) is 11.8. The maximum atomic E-state index is 16.4. The summed E-state index contributed by atoms with van der Waals surface area (Å²) in [6.07, 6.45) is 0. The van der Waals surface area contributed by atoms with Crippen molar-refractivity contribution in [1.29, 1.82) is 0 Å². The van der Waals surface area contributed by atoms with E-state index in [4.69, 9.17) is 23.4 Å². The minimum absolute atomic E-state index is 0.114. The van der Waals surface area contributed by atoms with Gasteiger partial charge in [-0.2, -0.15) is 0 Å². The highest BCUT2D eigenvalue weighted by molar-refractivity contribution is 6.34. The summed E-state index contributed by atoms with van der Waals surface area (Å²) in [5.74, 6) is -43.0. The van der Waals surface area contributed by atoms with E-state index in [-0.39, 0.29) is 4.09 Å². The molecule has 2 aliphatic heterocycles. The largest absolute Gasteiger partial charge is 0.217 e. The Kier molecular flexibility index (Phi) is 7.78. The van der Waals surface area contributed by atoms with E-state index in [1.54, 1.807) is 0 Å². The molecule has 2 aliphatic rings. The quantitative estimate of drug-likeness (QED) is 0.0857. The van der Waals surface area contributed by atoms with E-state index < -0.39 is 187 Å². The number of benzene rings is 4. The van der Waals surface area contributed by atoms with Crippen molar-refractivity contribution in [3.05, 3.63) is 92.3 Å². The summed E-state index contributed by atoms with van der Waals surface area (Å²) >= 11 is 12.2. The third-order valence-electron chi connectivity index (χ3n) is 8.87. The van der Waals surface area contributed by atoms with Gasteiger partial charge in [-0.15, -0.1) is 4.79 Å². The Morgan fingerprint density at radius 2 is 0.569 bits per heavy atom. The molecule has 0 saturated heterocycles. The number of rotatable bonds is 0. The topological polar surface area (TPSA) is 87.2 Å². The van der Waals surface area contributed by atoms with Gasteiger partial charge >= 0.3 is 0 Å². The highest BCUT2D eigenvalue weighted by atomic mass is 35.5. The second-order valence-corrected chi connectivity index (χ2v) is 12.6. The second kappa shape index (κ2) is 12.1. The normalized spacial score (nSPS) is 12.3. The summed E-state index contributed by atoms with van der Waals surface area (Å²) in [5.41, 5.74) is -12.4. The van der Waals surface area contributed by atoms with Crippen LogP contribution in [0.25, 0.3) is 89.7 Å². The van der Waals surface area contributed by atoms with Gasteiger partial charge in [-0.3, -0.25) is 0 Å². The average Bonchev–Trinajstić information content (AvgIpc) is 3.90. The van der Waals surface area contributed by atoms with Crippen LogP contribution in [0, 0.1) is 87.3 Å². The number of hydrogen-bond acceptors (Lipinski definition) is 6. The van der Waals surface area contributed by atoms with E-state index in [1.807, 2.05) is 0 Å². The Morgan fingerprint density at radius 3 is 0.931 bits per heavy atom. The fraction of sp³-hybridized carbons (Fsp3) is 0. The standard InChI is InChI=1S/C32Cl2F16N8/c33-9-1-2(10(35)18(43)17(9)42)26-51-25(1)53-29-5-6(14(39)22(47)21(46)13(5)38)30(57(29)34)54-27-3-4(12(37)20(45)19(44)11(3)36)28(52-27)56-32-8-7(31(55-26)58(32)50)15(40)23(48)24(49)16(8)41. The van der Waals surface area contributed by atoms with Crippen LogP contribution in [0.4, 0.5) is 70.3 Å². The van der Waals surface area contributed by atoms with E-state index >= 15 is 35.2 Å². The molecule has 0 aliphatic carbocycles. The first-order valence-electron chi connectivity index (χ1n) is 14.9. The minimum atomic E-state index is -2.66. The van der Waals surface area contributed by atoms with Crippen molar-refractivity contribution >= 4 is 67.5 Å². The molecule has 4 aromatic carbocycles. The average molecular weight is 871 g/mol. The Bertz CT molecular complexity index is 2920. The maximum Gasteiger partial charge on any atom is 0.198 e. The molecule has 0 amide bonds. The van der Waals surface area contributed by atoms with E-state index in [1.165, 1.54) is 0 Å². The van der Waals surface area contributed by atoms with Gasteiger partial charge in [0.25, 0.3) is 0 Å². The van der Waals surface area contributed by atoms with Crippen LogP contribution in [-0.2, 0) is 0 Å². The first-order chi connectivity index (χ1) is 27.3. The fourth-order valence-corrected chi connectivity index (χ4v) is 6.85. The molecule has 0 saturated carbocycles. The molecule has 0 unspecified atom stereocenters. The fourth-order valence-electron chi connectivity index (χ4n) is 6.35. The zero-order valence-electron chi connectivity index (χ0n) is 26.4. The summed E-state index contributed by atoms with van der Waals surface area (Å²) in [7, 11) is 0. The van der Waals surface area contributed by atoms with Crippen LogP contribution < -0.4 is 0 Å². The molecule has 9 rings (SSSR count). The summed E-state index contributed by atoms with van der Waals surface area (Å²) in [5, 5.41) is -8.06. The van der Waals surface area contributed by atoms with Gasteiger partial charge in [0.1, 0.15) is 0 Å². The predicted octanol–water partition coefficient (Wildman–Crippen LogP) is 10.3. The molecule has 0 spiro atoms. The van der Waals surface area contributed by atoms with Crippen LogP contribution >= 0.6 is 23.4 Å². The van der Waals surface area contributed by atoms with Crippen molar-refractivity contribution in [1.82, 2.24) is 38.8 Å². The van der Waals surface area contributed by atoms with Crippen molar-refractivity contribution < 1.29 is 70.3 Å². The lowest BCUT2D eigenvalue weighted by Crippen LogP contribution is -2.02. The third kappa shape index (κ3) is 4.51. The molecular weight excluding hydrogens is 871 g/mol. The molecule has 7 aromatic rings. The molecule has 0 N–H and O–H groups in total. The van der Waals surface area contributed by atoms with Gasteiger partial charge in [-0.05, 0) is 0 Å². The van der Waals surface area contributed by atoms with Gasteiger partial charge in [0.2, 0.25) is 0 Å². The zero-order valence-corrected chi connectivity index (χ0v) is 27.9. The number of halogens is 18. The van der Waals surface area contributed by atoms with Gasteiger partial charge in [0.05, 0.1) is 48.8 Å². The van der Waals surface area contributed by atoms with E-state index in [0.29, 0.717) is 0 Å². The van der Waals surface area contributed by atoms with Crippen LogP contribution in [0.1, 0.15) is 0 Å². The van der Waals surface area contributed by atoms with E-state index in [0.717, 1.165) is 0 Å². The van der Waals surface area contributed by atoms with Crippen LogP contribution in [0.2, 0.25) is 5.02 Å². The molecule has 3 aromatic heterocycles. The molecule has 0 radical (unpaired) electrons. The predicted molar refractivity (Wildman–Crippen MR) is 165 cm³/mol. The molecule has 0 atom stereocenters. The van der Waals surface area contributed by atoms with E-state index in [2.05, 4.69) is 29.9 Å². The van der Waals surface area contributed by atoms with Gasteiger partial charge in [-0.1, -0.05) is 16.1 Å². The van der Waals surface area contributed by atoms with Crippen LogP contribution in [-0.4, -0.2) is 38.8 Å². The first kappa shape index (κ1) is 37.3. The Morgan fingerprint density at radius 1 is 0.310 bits per heavy atom. The minimum Gasteiger partial charge on any atom is -0.217 e. The van der Waals surface area contributed by atoms with Crippen molar-refractivity contribution in [2.75, 3.05) is 0 Å². The highest BCUT2D eigenvalue weighted by Gasteiger charge is 2.38. The van der Waals surface area contributed by atoms with Crippen LogP contribution in [0.5, 0.6) is 0 Å². The lowest BCUT2D eigenvalue weighted by molar-refractivity contribution is 0.398. The molecular formula is C32Cl2F16N8. The number of fused-ring (bicyclic) bond motifs is 20. The van der Waals surface area contributed by atoms with Gasteiger partial charge < -0.3 is 0 Å². The Balaban J connectivity index is 1.66. The summed E-state index contributed by atoms with van der Waals surface area (Å²) in [6.45, 7) is 0. The Labute approximate surface area is 314 Å². The number of aromatic nitrogens is 8. The van der Waals surface area contributed by atoms with Crippen LogP contribution in [0.15, 0.2) is 0 Å². The summed E-state index contributed by atoms with van der Waals surface area (Å²) < 4.78 is 243. The summed E-state index contributed by atoms with van der Waals surface area (Å²) in [6, 6.07) is 0. The smallest absolute Gasteiger partial charge is 0.198 e. The number of hydrogen-bond donors (Lipinski definition) is 0. The highest BCUT2D eigenvalue weighted by Crippen LogP contribution is 2.46. The molecule has 8 nitrogen and oxygen atoms in total. The first-order valence-corrected chi connectivity index (χ1v) is 15.7. The van der Waals surface area contributed by atoms with Gasteiger partial charge in [0, 0.05) is 11.8 Å².